The molecule has 117 valence electrons. The molecule has 0 fully saturated rings. The van der Waals surface area contributed by atoms with Gasteiger partial charge in [0.05, 0.1) is 6.54 Å². The second kappa shape index (κ2) is 11.1. The van der Waals surface area contributed by atoms with Gasteiger partial charge in [0.15, 0.2) is 0 Å². The Balaban J connectivity index is 0.00000102. The Morgan fingerprint density at radius 3 is 2.55 bits per heavy atom. The number of hydrogen-bond acceptors (Lipinski definition) is 4. The molecule has 0 amide bonds. The zero-order chi connectivity index (χ0) is 15.7. The summed E-state index contributed by atoms with van der Waals surface area (Å²) in [5.41, 5.74) is 0.687. The van der Waals surface area contributed by atoms with Crippen molar-refractivity contribution in [2.75, 3.05) is 27.2 Å². The molecule has 0 spiro atoms. The SMILES string of the molecule is CN(C)CCN=Cc1c([O-])ccc2ccccc12.[N-]=C=S.[Ni+3]. The van der Waals surface area contributed by atoms with Crippen LogP contribution in [0.15, 0.2) is 41.4 Å². The molecule has 6 heteroatoms. The van der Waals surface area contributed by atoms with Crippen LogP contribution < -0.4 is 5.11 Å². The molecule has 1 radical (unpaired) electrons. The number of fused-ring (bicyclic) bond motifs is 1. The van der Waals surface area contributed by atoms with Gasteiger partial charge in [-0.15, -0.1) is 0 Å². The van der Waals surface area contributed by atoms with Gasteiger partial charge in [-0.3, -0.25) is 4.99 Å². The first kappa shape index (κ1) is 20.4. The molecule has 0 aromatic heterocycles. The molecule has 2 aromatic carbocycles. The first-order chi connectivity index (χ1) is 10.1. The Hall–Kier alpha value is -1.58. The minimum Gasteiger partial charge on any atom is -0.872 e. The quantitative estimate of drug-likeness (QED) is 0.480. The largest absolute Gasteiger partial charge is 3.00 e. The summed E-state index contributed by atoms with van der Waals surface area (Å²) < 4.78 is 0. The predicted molar refractivity (Wildman–Crippen MR) is 90.4 cm³/mol. The monoisotopic (exact) mass is 357 g/mol. The number of isothiocyanates is 1. The number of thiocarbonyl (C=S) groups is 1. The summed E-state index contributed by atoms with van der Waals surface area (Å²) in [6.45, 7) is 1.59. The van der Waals surface area contributed by atoms with Gasteiger partial charge in [0.2, 0.25) is 0 Å². The normalized spacial score (nSPS) is 9.95. The minimum atomic E-state index is 0. The average Bonchev–Trinajstić information content (AvgIpc) is 2.46. The van der Waals surface area contributed by atoms with Crippen LogP contribution in [0.3, 0.4) is 0 Å². The Morgan fingerprint density at radius 2 is 1.91 bits per heavy atom. The maximum Gasteiger partial charge on any atom is 3.00 e. The maximum atomic E-state index is 11.9. The van der Waals surface area contributed by atoms with Gasteiger partial charge < -0.3 is 15.4 Å². The molecule has 2 aromatic rings. The van der Waals surface area contributed by atoms with Crippen LogP contribution in [0.4, 0.5) is 0 Å². The van der Waals surface area contributed by atoms with Crippen molar-refractivity contribution < 1.29 is 21.6 Å². The maximum absolute atomic E-state index is 11.9. The van der Waals surface area contributed by atoms with Gasteiger partial charge >= 0.3 is 16.5 Å². The van der Waals surface area contributed by atoms with E-state index in [2.05, 4.69) is 22.1 Å². The summed E-state index contributed by atoms with van der Waals surface area (Å²) in [5, 5.41) is 22.4. The molecule has 22 heavy (non-hydrogen) atoms. The summed E-state index contributed by atoms with van der Waals surface area (Å²) in [5.74, 6) is 0.0299. The van der Waals surface area contributed by atoms with Crippen LogP contribution in [0.1, 0.15) is 5.56 Å². The van der Waals surface area contributed by atoms with Crippen LogP contribution in [-0.4, -0.2) is 43.5 Å². The molecule has 0 aliphatic carbocycles. The first-order valence-corrected chi connectivity index (χ1v) is 6.85. The zero-order valence-corrected chi connectivity index (χ0v) is 14.2. The smallest absolute Gasteiger partial charge is 0.872 e. The number of aliphatic imine (C=N–C) groups is 1. The summed E-state index contributed by atoms with van der Waals surface area (Å²) >= 11 is 3.70. The van der Waals surface area contributed by atoms with Crippen molar-refractivity contribution >= 4 is 34.4 Å². The molecule has 0 unspecified atom stereocenters. The third kappa shape index (κ3) is 6.46. The molecule has 2 rings (SSSR count). The van der Waals surface area contributed by atoms with E-state index in [-0.39, 0.29) is 22.2 Å². The van der Waals surface area contributed by atoms with Gasteiger partial charge in [0.1, 0.15) is 0 Å². The molecule has 0 atom stereocenters. The van der Waals surface area contributed by atoms with Crippen molar-refractivity contribution in [3.63, 3.8) is 0 Å². The minimum absolute atomic E-state index is 0. The van der Waals surface area contributed by atoms with E-state index in [0.717, 1.165) is 17.3 Å². The fourth-order valence-electron chi connectivity index (χ4n) is 1.82. The zero-order valence-electron chi connectivity index (χ0n) is 12.4. The molecule has 0 heterocycles. The molecule has 4 nitrogen and oxygen atoms in total. The van der Waals surface area contributed by atoms with E-state index in [4.69, 9.17) is 5.41 Å². The Kier molecular flexibility index (Phi) is 10.3. The second-order valence-electron chi connectivity index (χ2n) is 4.63. The van der Waals surface area contributed by atoms with Crippen molar-refractivity contribution in [2.24, 2.45) is 4.99 Å². The topological polar surface area (TPSA) is 61.0 Å². The fourth-order valence-corrected chi connectivity index (χ4v) is 1.82. The van der Waals surface area contributed by atoms with Crippen LogP contribution in [0.2, 0.25) is 0 Å². The number of hydrogen-bond donors (Lipinski definition) is 0. The third-order valence-electron chi connectivity index (χ3n) is 2.83. The van der Waals surface area contributed by atoms with Gasteiger partial charge in [-0.1, -0.05) is 54.4 Å². The van der Waals surface area contributed by atoms with Crippen LogP contribution in [-0.2, 0) is 16.5 Å². The van der Waals surface area contributed by atoms with E-state index < -0.39 is 0 Å². The van der Waals surface area contributed by atoms with Crippen molar-refractivity contribution in [2.45, 2.75) is 0 Å². The molecule has 0 saturated carbocycles. The van der Waals surface area contributed by atoms with E-state index in [9.17, 15) is 5.11 Å². The Morgan fingerprint density at radius 1 is 1.27 bits per heavy atom. The van der Waals surface area contributed by atoms with E-state index in [1.165, 1.54) is 5.16 Å². The summed E-state index contributed by atoms with van der Waals surface area (Å²) in [7, 11) is 4.01. The van der Waals surface area contributed by atoms with E-state index in [0.29, 0.717) is 12.1 Å². The summed E-state index contributed by atoms with van der Waals surface area (Å²) in [4.78, 5) is 6.39. The van der Waals surface area contributed by atoms with Crippen molar-refractivity contribution in [3.05, 3.63) is 47.4 Å². The molecule has 0 aliphatic heterocycles. The first-order valence-electron chi connectivity index (χ1n) is 6.44. The number of likely N-dealkylation sites (N-methyl/N-ethyl adjacent to an activating group) is 1. The van der Waals surface area contributed by atoms with Crippen LogP contribution in [0, 0.1) is 0 Å². The van der Waals surface area contributed by atoms with Gasteiger partial charge in [0.25, 0.3) is 0 Å². The van der Waals surface area contributed by atoms with Crippen molar-refractivity contribution in [3.8, 4) is 5.75 Å². The standard InChI is InChI=1S/C15H18N2O.CNS.Ni/c1-17(2)10-9-16-11-14-13-6-4-3-5-12(13)7-8-15(14)18;2-1-3;/h3-8,11,18H,9-10H2,1-2H3;;/q;-1;+3/p-1. The van der Waals surface area contributed by atoms with Crippen LogP contribution >= 0.6 is 12.2 Å². The van der Waals surface area contributed by atoms with Gasteiger partial charge in [0, 0.05) is 12.8 Å². The molecule has 0 bridgehead atoms. The fraction of sp³-hybridized carbons (Fsp3) is 0.250. The predicted octanol–water partition coefficient (Wildman–Crippen LogP) is 2.55. The van der Waals surface area contributed by atoms with Gasteiger partial charge in [-0.05, 0) is 30.4 Å². The molecule has 0 saturated heterocycles. The van der Waals surface area contributed by atoms with E-state index in [1.54, 1.807) is 12.3 Å². The van der Waals surface area contributed by atoms with Crippen molar-refractivity contribution in [1.29, 1.82) is 0 Å². The number of nitrogens with zero attached hydrogens (tertiary/aromatic N) is 3. The molecular formula is C16H17N3NiOS+. The summed E-state index contributed by atoms with van der Waals surface area (Å²) in [6.07, 6.45) is 1.70. The molecule has 0 N–H and O–H groups in total. The van der Waals surface area contributed by atoms with Crippen LogP contribution in [0.25, 0.3) is 16.2 Å². The Labute approximate surface area is 146 Å². The van der Waals surface area contributed by atoms with E-state index >= 15 is 0 Å². The average molecular weight is 358 g/mol. The van der Waals surface area contributed by atoms with Gasteiger partial charge in [-0.25, -0.2) is 0 Å². The van der Waals surface area contributed by atoms with Crippen LogP contribution in [0.5, 0.6) is 5.75 Å². The third-order valence-corrected chi connectivity index (χ3v) is 2.83. The van der Waals surface area contributed by atoms with E-state index in [1.807, 2.05) is 44.4 Å². The number of benzene rings is 2. The molecular weight excluding hydrogens is 341 g/mol. The molecule has 0 aliphatic rings. The second-order valence-corrected chi connectivity index (χ2v) is 4.81. The van der Waals surface area contributed by atoms with Gasteiger partial charge in [-0.2, -0.15) is 5.16 Å². The van der Waals surface area contributed by atoms with Crippen molar-refractivity contribution in [1.82, 2.24) is 4.90 Å². The Bertz CT molecular complexity index is 653. The number of rotatable bonds is 4. The summed E-state index contributed by atoms with van der Waals surface area (Å²) in [6, 6.07) is 11.3.